The van der Waals surface area contributed by atoms with Crippen molar-refractivity contribution in [1.29, 1.82) is 0 Å². The van der Waals surface area contributed by atoms with Gasteiger partial charge in [-0.2, -0.15) is 13.2 Å². The SMILES string of the molecule is COC(=O)c1ccc(C(=O)N[C@@H](c2ccc(C(F)(F)F)c(F)c2)c2ncccc2F)cc1. The van der Waals surface area contributed by atoms with Gasteiger partial charge in [-0.1, -0.05) is 6.07 Å². The van der Waals surface area contributed by atoms with E-state index in [1.807, 2.05) is 0 Å². The number of halogens is 5. The van der Waals surface area contributed by atoms with Crippen LogP contribution < -0.4 is 5.32 Å². The van der Waals surface area contributed by atoms with Crippen molar-refractivity contribution in [2.75, 3.05) is 7.11 Å². The van der Waals surface area contributed by atoms with Gasteiger partial charge in [-0.05, 0) is 54.1 Å². The van der Waals surface area contributed by atoms with E-state index >= 15 is 0 Å². The molecule has 10 heteroatoms. The van der Waals surface area contributed by atoms with E-state index in [0.717, 1.165) is 12.1 Å². The number of nitrogens with one attached hydrogen (secondary N) is 1. The van der Waals surface area contributed by atoms with Gasteiger partial charge < -0.3 is 10.1 Å². The lowest BCUT2D eigenvalue weighted by molar-refractivity contribution is -0.140. The number of hydrogen-bond donors (Lipinski definition) is 1. The first-order valence-corrected chi connectivity index (χ1v) is 9.08. The Hall–Kier alpha value is -3.82. The van der Waals surface area contributed by atoms with Crippen LogP contribution in [0.15, 0.2) is 60.8 Å². The minimum atomic E-state index is -4.92. The summed E-state index contributed by atoms with van der Waals surface area (Å²) >= 11 is 0. The van der Waals surface area contributed by atoms with Gasteiger partial charge in [0.05, 0.1) is 24.3 Å². The first-order valence-electron chi connectivity index (χ1n) is 9.08. The number of amides is 1. The molecule has 0 radical (unpaired) electrons. The van der Waals surface area contributed by atoms with Gasteiger partial charge in [0.15, 0.2) is 0 Å². The minimum absolute atomic E-state index is 0.0615. The van der Waals surface area contributed by atoms with E-state index < -0.39 is 41.3 Å². The fraction of sp³-hybridized carbons (Fsp3) is 0.136. The molecular weight excluding hydrogens is 435 g/mol. The highest BCUT2D eigenvalue weighted by atomic mass is 19.4. The average Bonchev–Trinajstić information content (AvgIpc) is 2.76. The Morgan fingerprint density at radius 1 is 0.969 bits per heavy atom. The molecule has 1 atom stereocenters. The van der Waals surface area contributed by atoms with Crippen molar-refractivity contribution in [2.45, 2.75) is 12.2 Å². The van der Waals surface area contributed by atoms with Crippen molar-refractivity contribution in [2.24, 2.45) is 0 Å². The zero-order valence-corrected chi connectivity index (χ0v) is 16.4. The average molecular weight is 450 g/mol. The Bertz CT molecular complexity index is 1150. The van der Waals surface area contributed by atoms with Crippen LogP contribution in [0.3, 0.4) is 0 Å². The van der Waals surface area contributed by atoms with Crippen molar-refractivity contribution >= 4 is 11.9 Å². The third-order valence-corrected chi connectivity index (χ3v) is 4.54. The quantitative estimate of drug-likeness (QED) is 0.453. The lowest BCUT2D eigenvalue weighted by Crippen LogP contribution is -2.31. The third kappa shape index (κ3) is 4.90. The molecule has 0 spiro atoms. The Balaban J connectivity index is 1.98. The first-order chi connectivity index (χ1) is 15.1. The molecule has 0 aliphatic heterocycles. The molecule has 32 heavy (non-hydrogen) atoms. The van der Waals surface area contributed by atoms with Gasteiger partial charge in [-0.15, -0.1) is 0 Å². The number of pyridine rings is 1. The molecule has 3 aromatic rings. The molecule has 0 aliphatic carbocycles. The van der Waals surface area contributed by atoms with E-state index in [2.05, 4.69) is 15.0 Å². The minimum Gasteiger partial charge on any atom is -0.465 e. The van der Waals surface area contributed by atoms with Crippen LogP contribution in [-0.4, -0.2) is 24.0 Å². The van der Waals surface area contributed by atoms with E-state index in [1.165, 1.54) is 43.6 Å². The van der Waals surface area contributed by atoms with Crippen LogP contribution >= 0.6 is 0 Å². The standard InChI is InChI=1S/C22H15F5N2O3/c1-32-21(31)13-6-4-12(5-7-13)20(30)29-18(19-16(23)3-2-10-28-19)14-8-9-15(17(24)11-14)22(25,26)27/h2-11,18H,1H3,(H,29,30)/t18-/m0/s1. The number of nitrogens with zero attached hydrogens (tertiary/aromatic N) is 1. The van der Waals surface area contributed by atoms with Gasteiger partial charge >= 0.3 is 12.1 Å². The van der Waals surface area contributed by atoms with Crippen molar-refractivity contribution in [1.82, 2.24) is 10.3 Å². The summed E-state index contributed by atoms with van der Waals surface area (Å²) in [4.78, 5) is 28.1. The molecule has 2 aromatic carbocycles. The molecule has 1 heterocycles. The molecule has 1 aromatic heterocycles. The molecule has 0 saturated carbocycles. The first kappa shape index (κ1) is 22.9. The van der Waals surface area contributed by atoms with Crippen LogP contribution in [0.25, 0.3) is 0 Å². The molecule has 0 aliphatic rings. The zero-order valence-electron chi connectivity index (χ0n) is 16.4. The second-order valence-corrected chi connectivity index (χ2v) is 6.58. The number of carbonyl (C=O) groups excluding carboxylic acids is 2. The predicted octanol–water partition coefficient (Wildman–Crippen LogP) is 4.68. The van der Waals surface area contributed by atoms with E-state index in [1.54, 1.807) is 0 Å². The molecule has 1 amide bonds. The number of rotatable bonds is 5. The summed E-state index contributed by atoms with van der Waals surface area (Å²) in [5.41, 5.74) is -1.71. The van der Waals surface area contributed by atoms with Crippen LogP contribution in [0.2, 0.25) is 0 Å². The van der Waals surface area contributed by atoms with E-state index in [0.29, 0.717) is 12.1 Å². The number of methoxy groups -OCH3 is 1. The number of alkyl halides is 3. The number of carbonyl (C=O) groups is 2. The molecule has 5 nitrogen and oxygen atoms in total. The van der Waals surface area contributed by atoms with Crippen molar-refractivity contribution in [3.8, 4) is 0 Å². The second kappa shape index (κ2) is 9.13. The second-order valence-electron chi connectivity index (χ2n) is 6.58. The maximum Gasteiger partial charge on any atom is 0.419 e. The number of aromatic nitrogens is 1. The molecule has 0 unspecified atom stereocenters. The fourth-order valence-corrected chi connectivity index (χ4v) is 2.95. The van der Waals surface area contributed by atoms with Gasteiger partial charge in [-0.25, -0.2) is 13.6 Å². The molecule has 0 fully saturated rings. The van der Waals surface area contributed by atoms with Crippen molar-refractivity contribution in [3.63, 3.8) is 0 Å². The Morgan fingerprint density at radius 2 is 1.62 bits per heavy atom. The van der Waals surface area contributed by atoms with Crippen molar-refractivity contribution < 1.29 is 36.3 Å². The third-order valence-electron chi connectivity index (χ3n) is 4.54. The predicted molar refractivity (Wildman–Crippen MR) is 103 cm³/mol. The van der Waals surface area contributed by atoms with Crippen LogP contribution in [0.1, 0.15) is 43.6 Å². The monoisotopic (exact) mass is 450 g/mol. The highest BCUT2D eigenvalue weighted by Gasteiger charge is 2.35. The maximum atomic E-state index is 14.4. The summed E-state index contributed by atoms with van der Waals surface area (Å²) in [7, 11) is 1.19. The van der Waals surface area contributed by atoms with E-state index in [-0.39, 0.29) is 22.4 Å². The lowest BCUT2D eigenvalue weighted by Gasteiger charge is -2.20. The van der Waals surface area contributed by atoms with Gasteiger partial charge in [0.1, 0.15) is 17.3 Å². The van der Waals surface area contributed by atoms with E-state index in [9.17, 15) is 31.5 Å². The lowest BCUT2D eigenvalue weighted by atomic mass is 9.99. The summed E-state index contributed by atoms with van der Waals surface area (Å²) in [6.45, 7) is 0. The van der Waals surface area contributed by atoms with Crippen LogP contribution in [0.5, 0.6) is 0 Å². The Labute approximate surface area is 178 Å². The van der Waals surface area contributed by atoms with Gasteiger partial charge in [0, 0.05) is 11.8 Å². The maximum absolute atomic E-state index is 14.4. The number of benzene rings is 2. The van der Waals surface area contributed by atoms with Gasteiger partial charge in [0.25, 0.3) is 5.91 Å². The molecular formula is C22H15F5N2O3. The van der Waals surface area contributed by atoms with Crippen LogP contribution in [0, 0.1) is 11.6 Å². The smallest absolute Gasteiger partial charge is 0.419 e. The molecule has 0 saturated heterocycles. The molecule has 166 valence electrons. The number of esters is 1. The number of ether oxygens (including phenoxy) is 1. The molecule has 1 N–H and O–H groups in total. The summed E-state index contributed by atoms with van der Waals surface area (Å²) < 4.78 is 71.8. The Kier molecular flexibility index (Phi) is 6.52. The normalized spacial score (nSPS) is 12.2. The summed E-state index contributed by atoms with van der Waals surface area (Å²) in [5.74, 6) is -3.80. The topological polar surface area (TPSA) is 68.3 Å². The molecule has 0 bridgehead atoms. The summed E-state index contributed by atoms with van der Waals surface area (Å²) in [6, 6.07) is 8.24. The highest BCUT2D eigenvalue weighted by molar-refractivity contribution is 5.96. The van der Waals surface area contributed by atoms with Gasteiger partial charge in [-0.3, -0.25) is 9.78 Å². The van der Waals surface area contributed by atoms with E-state index in [4.69, 9.17) is 0 Å². The Morgan fingerprint density at radius 3 is 2.19 bits per heavy atom. The zero-order chi connectivity index (χ0) is 23.5. The highest BCUT2D eigenvalue weighted by Crippen LogP contribution is 2.33. The summed E-state index contributed by atoms with van der Waals surface area (Å²) in [6.07, 6.45) is -3.69. The van der Waals surface area contributed by atoms with Crippen LogP contribution in [0.4, 0.5) is 22.0 Å². The van der Waals surface area contributed by atoms with Gasteiger partial charge in [0.2, 0.25) is 0 Å². The largest absolute Gasteiger partial charge is 0.465 e. The molecule has 3 rings (SSSR count). The number of hydrogen-bond acceptors (Lipinski definition) is 4. The fourth-order valence-electron chi connectivity index (χ4n) is 2.95. The van der Waals surface area contributed by atoms with Crippen LogP contribution in [-0.2, 0) is 10.9 Å². The summed E-state index contributed by atoms with van der Waals surface area (Å²) in [5, 5.41) is 2.45. The van der Waals surface area contributed by atoms with Crippen molar-refractivity contribution in [3.05, 3.63) is 100 Å².